The SMILES string of the molecule is COCC(C)NC(=O)COC(=O)c1c2c(nc3ccccc13)C(=Cc1ccc3c(c1)OCO3)CC2. The monoisotopic (exact) mass is 474 g/mol. The summed E-state index contributed by atoms with van der Waals surface area (Å²) in [5.74, 6) is 0.542. The Labute approximate surface area is 202 Å². The van der Waals surface area contributed by atoms with Gasteiger partial charge in [0.1, 0.15) is 0 Å². The van der Waals surface area contributed by atoms with Gasteiger partial charge in [-0.3, -0.25) is 4.79 Å². The molecule has 0 fully saturated rings. The number of carbonyl (C=O) groups is 2. The third-order valence-corrected chi connectivity index (χ3v) is 6.04. The van der Waals surface area contributed by atoms with Crippen molar-refractivity contribution in [3.8, 4) is 11.5 Å². The molecule has 35 heavy (non-hydrogen) atoms. The number of amides is 1. The first-order valence-electron chi connectivity index (χ1n) is 11.5. The van der Waals surface area contributed by atoms with Crippen LogP contribution in [-0.2, 0) is 20.7 Å². The predicted molar refractivity (Wildman–Crippen MR) is 130 cm³/mol. The van der Waals surface area contributed by atoms with E-state index in [9.17, 15) is 9.59 Å². The molecule has 0 bridgehead atoms. The summed E-state index contributed by atoms with van der Waals surface area (Å²) in [5, 5.41) is 3.46. The molecule has 0 radical (unpaired) electrons. The number of esters is 1. The number of aromatic nitrogens is 1. The van der Waals surface area contributed by atoms with Crippen LogP contribution in [0.3, 0.4) is 0 Å². The minimum absolute atomic E-state index is 0.180. The number of pyridine rings is 1. The average molecular weight is 475 g/mol. The van der Waals surface area contributed by atoms with E-state index in [1.807, 2.05) is 49.4 Å². The van der Waals surface area contributed by atoms with Gasteiger partial charge in [-0.05, 0) is 60.7 Å². The number of hydrogen-bond donors (Lipinski definition) is 1. The number of fused-ring (bicyclic) bond motifs is 3. The normalized spacial score (nSPS) is 15.8. The number of rotatable bonds is 7. The maximum absolute atomic E-state index is 13.2. The number of nitrogens with zero attached hydrogens (tertiary/aromatic N) is 1. The van der Waals surface area contributed by atoms with E-state index in [0.717, 1.165) is 34.6 Å². The van der Waals surface area contributed by atoms with Gasteiger partial charge in [0.15, 0.2) is 18.1 Å². The Balaban J connectivity index is 1.44. The second-order valence-electron chi connectivity index (χ2n) is 8.61. The highest BCUT2D eigenvalue weighted by Gasteiger charge is 2.28. The standard InChI is InChI=1S/C27H26N2O6/c1-16(13-32-2)28-24(30)14-33-27(31)25-19-5-3-4-6-21(19)29-26-18(8-9-20(25)26)11-17-7-10-22-23(12-17)35-15-34-22/h3-7,10-12,16H,8-9,13-15H2,1-2H3,(H,28,30). The maximum atomic E-state index is 13.2. The second-order valence-corrected chi connectivity index (χ2v) is 8.61. The number of methoxy groups -OCH3 is 1. The lowest BCUT2D eigenvalue weighted by Gasteiger charge is -2.14. The molecule has 3 aromatic rings. The van der Waals surface area contributed by atoms with Gasteiger partial charge in [-0.2, -0.15) is 0 Å². The zero-order valence-corrected chi connectivity index (χ0v) is 19.6. The number of allylic oxidation sites excluding steroid dienone is 1. The van der Waals surface area contributed by atoms with E-state index in [1.54, 1.807) is 7.11 Å². The first-order valence-corrected chi connectivity index (χ1v) is 11.5. The fraction of sp³-hybridized carbons (Fsp3) is 0.296. The van der Waals surface area contributed by atoms with E-state index in [1.165, 1.54) is 0 Å². The van der Waals surface area contributed by atoms with Crippen molar-refractivity contribution < 1.29 is 28.5 Å². The molecule has 1 unspecified atom stereocenters. The molecular formula is C27H26N2O6. The van der Waals surface area contributed by atoms with Crippen molar-refractivity contribution in [1.82, 2.24) is 10.3 Å². The summed E-state index contributed by atoms with van der Waals surface area (Å²) in [5.41, 5.74) is 4.80. The Morgan fingerprint density at radius 2 is 1.97 bits per heavy atom. The van der Waals surface area contributed by atoms with Crippen LogP contribution in [0, 0.1) is 0 Å². The van der Waals surface area contributed by atoms with E-state index >= 15 is 0 Å². The number of para-hydroxylation sites is 1. The van der Waals surface area contributed by atoms with Crippen molar-refractivity contribution >= 4 is 34.4 Å². The van der Waals surface area contributed by atoms with E-state index in [4.69, 9.17) is 23.9 Å². The van der Waals surface area contributed by atoms with Crippen molar-refractivity contribution in [2.24, 2.45) is 0 Å². The molecule has 1 atom stereocenters. The van der Waals surface area contributed by atoms with Gasteiger partial charge >= 0.3 is 5.97 Å². The molecular weight excluding hydrogens is 448 g/mol. The summed E-state index contributed by atoms with van der Waals surface area (Å²) in [6, 6.07) is 13.1. The Morgan fingerprint density at radius 1 is 1.14 bits per heavy atom. The summed E-state index contributed by atoms with van der Waals surface area (Å²) in [4.78, 5) is 30.3. The van der Waals surface area contributed by atoms with Gasteiger partial charge in [-0.25, -0.2) is 9.78 Å². The summed E-state index contributed by atoms with van der Waals surface area (Å²) in [6.45, 7) is 2.06. The van der Waals surface area contributed by atoms with Gasteiger partial charge in [0.05, 0.1) is 23.4 Å². The first-order chi connectivity index (χ1) is 17.0. The molecule has 0 saturated heterocycles. The van der Waals surface area contributed by atoms with Crippen LogP contribution in [0.4, 0.5) is 0 Å². The number of nitrogens with one attached hydrogen (secondary N) is 1. The lowest BCUT2D eigenvalue weighted by atomic mass is 10.0. The fourth-order valence-corrected chi connectivity index (χ4v) is 4.53. The van der Waals surface area contributed by atoms with Crippen molar-refractivity contribution in [3.05, 3.63) is 64.8 Å². The molecule has 0 spiro atoms. The molecule has 0 saturated carbocycles. The minimum atomic E-state index is -0.529. The molecule has 1 aromatic heterocycles. The molecule has 2 aromatic carbocycles. The van der Waals surface area contributed by atoms with Crippen LogP contribution in [-0.4, -0.2) is 50.0 Å². The van der Waals surface area contributed by atoms with E-state index in [2.05, 4.69) is 11.4 Å². The average Bonchev–Trinajstić information content (AvgIpc) is 3.48. The molecule has 2 aliphatic rings. The smallest absolute Gasteiger partial charge is 0.339 e. The van der Waals surface area contributed by atoms with Crippen LogP contribution in [0.15, 0.2) is 42.5 Å². The minimum Gasteiger partial charge on any atom is -0.454 e. The lowest BCUT2D eigenvalue weighted by Crippen LogP contribution is -2.38. The highest BCUT2D eigenvalue weighted by atomic mass is 16.7. The van der Waals surface area contributed by atoms with Crippen molar-refractivity contribution in [2.75, 3.05) is 27.1 Å². The zero-order valence-electron chi connectivity index (χ0n) is 19.6. The van der Waals surface area contributed by atoms with Gasteiger partial charge in [0.2, 0.25) is 6.79 Å². The molecule has 1 amide bonds. The van der Waals surface area contributed by atoms with E-state index in [-0.39, 0.29) is 25.3 Å². The Bertz CT molecular complexity index is 1330. The van der Waals surface area contributed by atoms with Crippen LogP contribution >= 0.6 is 0 Å². The summed E-state index contributed by atoms with van der Waals surface area (Å²) < 4.78 is 21.4. The summed E-state index contributed by atoms with van der Waals surface area (Å²) in [6.07, 6.45) is 3.46. The third kappa shape index (κ3) is 4.70. The van der Waals surface area contributed by atoms with E-state index < -0.39 is 5.97 Å². The number of carbonyl (C=O) groups excluding carboxylic acids is 2. The molecule has 1 N–H and O–H groups in total. The van der Waals surface area contributed by atoms with Crippen LogP contribution in [0.1, 0.15) is 40.5 Å². The maximum Gasteiger partial charge on any atom is 0.339 e. The molecule has 1 aliphatic heterocycles. The number of hydrogen-bond acceptors (Lipinski definition) is 7. The Morgan fingerprint density at radius 3 is 2.83 bits per heavy atom. The van der Waals surface area contributed by atoms with Crippen molar-refractivity contribution in [1.29, 1.82) is 0 Å². The fourth-order valence-electron chi connectivity index (χ4n) is 4.53. The van der Waals surface area contributed by atoms with Crippen LogP contribution in [0.5, 0.6) is 11.5 Å². The molecule has 8 nitrogen and oxygen atoms in total. The Hall–Kier alpha value is -3.91. The molecule has 5 rings (SSSR count). The third-order valence-electron chi connectivity index (χ3n) is 6.04. The molecule has 8 heteroatoms. The topological polar surface area (TPSA) is 96.0 Å². The highest BCUT2D eigenvalue weighted by molar-refractivity contribution is 6.07. The van der Waals surface area contributed by atoms with Gasteiger partial charge in [0.25, 0.3) is 5.91 Å². The quantitative estimate of drug-likeness (QED) is 0.521. The van der Waals surface area contributed by atoms with Crippen molar-refractivity contribution in [3.63, 3.8) is 0 Å². The van der Waals surface area contributed by atoms with Crippen LogP contribution in [0.25, 0.3) is 22.6 Å². The number of ether oxygens (including phenoxy) is 4. The van der Waals surface area contributed by atoms with Crippen molar-refractivity contribution in [2.45, 2.75) is 25.8 Å². The zero-order chi connectivity index (χ0) is 24.4. The number of benzene rings is 2. The molecule has 180 valence electrons. The van der Waals surface area contributed by atoms with Gasteiger partial charge in [-0.1, -0.05) is 24.3 Å². The highest BCUT2D eigenvalue weighted by Crippen LogP contribution is 2.39. The predicted octanol–water partition coefficient (Wildman–Crippen LogP) is 3.76. The van der Waals surface area contributed by atoms with Crippen LogP contribution < -0.4 is 14.8 Å². The summed E-state index contributed by atoms with van der Waals surface area (Å²) >= 11 is 0. The summed E-state index contributed by atoms with van der Waals surface area (Å²) in [7, 11) is 1.56. The van der Waals surface area contributed by atoms with Gasteiger partial charge < -0.3 is 24.3 Å². The van der Waals surface area contributed by atoms with Crippen LogP contribution in [0.2, 0.25) is 0 Å². The van der Waals surface area contributed by atoms with Gasteiger partial charge in [0, 0.05) is 18.5 Å². The lowest BCUT2D eigenvalue weighted by molar-refractivity contribution is -0.125. The largest absolute Gasteiger partial charge is 0.454 e. The van der Waals surface area contributed by atoms with Gasteiger partial charge in [-0.15, -0.1) is 0 Å². The molecule has 1 aliphatic carbocycles. The first kappa shape index (κ1) is 22.9. The molecule has 2 heterocycles. The second kappa shape index (κ2) is 9.76. The van der Waals surface area contributed by atoms with E-state index in [0.29, 0.717) is 35.2 Å². The Kier molecular flexibility index (Phi) is 6.37.